The van der Waals surface area contributed by atoms with Gasteiger partial charge in [-0.05, 0) is 43.7 Å². The molecule has 0 spiro atoms. The molecule has 1 aromatic rings. The van der Waals surface area contributed by atoms with Crippen molar-refractivity contribution in [3.05, 3.63) is 24.0 Å². The molecule has 21 heavy (non-hydrogen) atoms. The second-order valence-electron chi connectivity index (χ2n) is 5.96. The zero-order valence-electron chi connectivity index (χ0n) is 12.2. The first kappa shape index (κ1) is 14.0. The summed E-state index contributed by atoms with van der Waals surface area (Å²) in [5.74, 6) is 0.415. The summed E-state index contributed by atoms with van der Waals surface area (Å²) < 4.78 is 13.2. The van der Waals surface area contributed by atoms with Gasteiger partial charge in [-0.2, -0.15) is 0 Å². The van der Waals surface area contributed by atoms with Crippen molar-refractivity contribution in [3.63, 3.8) is 0 Å². The van der Waals surface area contributed by atoms with Crippen molar-refractivity contribution in [1.82, 2.24) is 5.32 Å². The summed E-state index contributed by atoms with van der Waals surface area (Å²) >= 11 is 0. The third-order valence-corrected chi connectivity index (χ3v) is 4.31. The molecule has 1 heterocycles. The van der Waals surface area contributed by atoms with E-state index in [4.69, 9.17) is 0 Å². The molecule has 0 radical (unpaired) electrons. The van der Waals surface area contributed by atoms with E-state index >= 15 is 0 Å². The van der Waals surface area contributed by atoms with Crippen LogP contribution in [0, 0.1) is 11.7 Å². The number of hydrogen-bond acceptors (Lipinski definition) is 2. The Morgan fingerprint density at radius 1 is 1.33 bits per heavy atom. The molecule has 1 saturated carbocycles. The highest BCUT2D eigenvalue weighted by atomic mass is 19.1. The van der Waals surface area contributed by atoms with Crippen LogP contribution in [0.3, 0.4) is 0 Å². The molecule has 1 N–H and O–H groups in total. The lowest BCUT2D eigenvalue weighted by molar-refractivity contribution is 0.234. The van der Waals surface area contributed by atoms with Crippen LogP contribution in [0.15, 0.2) is 23.2 Å². The maximum atomic E-state index is 13.2. The van der Waals surface area contributed by atoms with Crippen LogP contribution in [0.5, 0.6) is 0 Å². The molecule has 2 aliphatic rings. The second kappa shape index (κ2) is 5.84. The lowest BCUT2D eigenvalue weighted by Gasteiger charge is -2.31. The van der Waals surface area contributed by atoms with Crippen molar-refractivity contribution in [3.8, 4) is 0 Å². The van der Waals surface area contributed by atoms with Gasteiger partial charge >= 0.3 is 6.03 Å². The first-order chi connectivity index (χ1) is 10.1. The van der Waals surface area contributed by atoms with Gasteiger partial charge in [0.2, 0.25) is 0 Å². The van der Waals surface area contributed by atoms with Crippen molar-refractivity contribution in [1.29, 1.82) is 0 Å². The molecule has 1 aliphatic carbocycles. The number of amides is 2. The van der Waals surface area contributed by atoms with Crippen LogP contribution in [0.4, 0.5) is 20.6 Å². The molecule has 1 fully saturated rings. The lowest BCUT2D eigenvalue weighted by Crippen LogP contribution is -2.47. The van der Waals surface area contributed by atoms with E-state index in [-0.39, 0.29) is 17.9 Å². The quantitative estimate of drug-likeness (QED) is 0.843. The van der Waals surface area contributed by atoms with E-state index in [1.54, 1.807) is 17.2 Å². The molecule has 4 nitrogen and oxygen atoms in total. The molecule has 2 amide bonds. The predicted octanol–water partition coefficient (Wildman–Crippen LogP) is 3.64. The van der Waals surface area contributed by atoms with Gasteiger partial charge in [0.1, 0.15) is 5.82 Å². The normalized spacial score (nSPS) is 24.6. The molecular formula is C16H20FN3O. The Balaban J connectivity index is 1.70. The fraction of sp³-hybridized carbons (Fsp3) is 0.500. The van der Waals surface area contributed by atoms with Gasteiger partial charge in [-0.1, -0.05) is 6.92 Å². The molecule has 0 unspecified atom stereocenters. The molecular weight excluding hydrogens is 269 g/mol. The van der Waals surface area contributed by atoms with Gasteiger partial charge in [0.05, 0.1) is 17.9 Å². The van der Waals surface area contributed by atoms with Crippen LogP contribution in [-0.4, -0.2) is 24.8 Å². The molecule has 112 valence electrons. The minimum atomic E-state index is -0.338. The highest BCUT2D eigenvalue weighted by Crippen LogP contribution is 2.32. The van der Waals surface area contributed by atoms with Crippen molar-refractivity contribution >= 4 is 23.6 Å². The summed E-state index contributed by atoms with van der Waals surface area (Å²) in [6.07, 6.45) is 6.03. The van der Waals surface area contributed by atoms with Crippen molar-refractivity contribution in [2.24, 2.45) is 10.9 Å². The first-order valence-corrected chi connectivity index (χ1v) is 7.53. The fourth-order valence-electron chi connectivity index (χ4n) is 3.00. The number of hydrogen-bond donors (Lipinski definition) is 1. The third kappa shape index (κ3) is 3.06. The second-order valence-corrected chi connectivity index (χ2v) is 5.96. The van der Waals surface area contributed by atoms with Gasteiger partial charge < -0.3 is 5.32 Å². The zero-order valence-corrected chi connectivity index (χ0v) is 12.2. The average molecular weight is 289 g/mol. The Kier molecular flexibility index (Phi) is 3.90. The number of fused-ring (bicyclic) bond motifs is 1. The van der Waals surface area contributed by atoms with Gasteiger partial charge in [-0.3, -0.25) is 9.89 Å². The number of urea groups is 1. The van der Waals surface area contributed by atoms with Gasteiger partial charge in [0.25, 0.3) is 0 Å². The minimum absolute atomic E-state index is 0.117. The number of benzene rings is 1. The van der Waals surface area contributed by atoms with Crippen LogP contribution in [0.1, 0.15) is 32.6 Å². The Morgan fingerprint density at radius 2 is 2.10 bits per heavy atom. The SMILES string of the molecule is C[C@H]1CC[C@H](NC(=O)N2CC=Nc3cc(F)ccc32)CC1. The molecule has 1 aliphatic heterocycles. The van der Waals surface area contributed by atoms with Crippen LogP contribution in [0.25, 0.3) is 0 Å². The van der Waals surface area contributed by atoms with Crippen LogP contribution < -0.4 is 10.2 Å². The maximum Gasteiger partial charge on any atom is 0.322 e. The number of halogens is 1. The molecule has 3 rings (SSSR count). The molecule has 5 heteroatoms. The minimum Gasteiger partial charge on any atom is -0.335 e. The van der Waals surface area contributed by atoms with Crippen LogP contribution in [-0.2, 0) is 0 Å². The summed E-state index contributed by atoms with van der Waals surface area (Å²) in [6.45, 7) is 2.68. The number of carbonyl (C=O) groups excluding carboxylic acids is 1. The smallest absolute Gasteiger partial charge is 0.322 e. The standard InChI is InChI=1S/C16H20FN3O/c1-11-2-5-13(6-3-11)19-16(21)20-9-8-18-14-10-12(17)4-7-15(14)20/h4,7-8,10-11,13H,2-3,5-6,9H2,1H3,(H,19,21)/t11-,13-. The topological polar surface area (TPSA) is 44.7 Å². The van der Waals surface area contributed by atoms with Gasteiger partial charge in [-0.25, -0.2) is 9.18 Å². The van der Waals surface area contributed by atoms with Gasteiger partial charge in [-0.15, -0.1) is 0 Å². The number of aliphatic imine (C=N–C) groups is 1. The van der Waals surface area contributed by atoms with Gasteiger partial charge in [0, 0.05) is 18.3 Å². The molecule has 0 bridgehead atoms. The van der Waals surface area contributed by atoms with E-state index in [2.05, 4.69) is 17.2 Å². The fourth-order valence-corrected chi connectivity index (χ4v) is 3.00. The Bertz CT molecular complexity index is 565. The van der Waals surface area contributed by atoms with Crippen molar-refractivity contribution < 1.29 is 9.18 Å². The highest BCUT2D eigenvalue weighted by molar-refractivity contribution is 6.00. The number of nitrogens with one attached hydrogen (secondary N) is 1. The summed E-state index contributed by atoms with van der Waals surface area (Å²) in [5.41, 5.74) is 1.18. The number of rotatable bonds is 1. The van der Waals surface area contributed by atoms with E-state index in [0.29, 0.717) is 17.9 Å². The largest absolute Gasteiger partial charge is 0.335 e. The summed E-state index contributed by atoms with van der Waals surface area (Å²) in [6, 6.07) is 4.46. The highest BCUT2D eigenvalue weighted by Gasteiger charge is 2.25. The number of nitrogens with zero attached hydrogens (tertiary/aromatic N) is 2. The monoisotopic (exact) mass is 289 g/mol. The van der Waals surface area contributed by atoms with E-state index in [0.717, 1.165) is 31.6 Å². The number of anilines is 1. The first-order valence-electron chi connectivity index (χ1n) is 7.53. The maximum absolute atomic E-state index is 13.2. The van der Waals surface area contributed by atoms with Crippen molar-refractivity contribution in [2.75, 3.05) is 11.4 Å². The summed E-state index contributed by atoms with van der Waals surface area (Å²) in [5, 5.41) is 3.10. The molecule has 1 aromatic carbocycles. The predicted molar refractivity (Wildman–Crippen MR) is 81.8 cm³/mol. The van der Waals surface area contributed by atoms with E-state index in [9.17, 15) is 9.18 Å². The van der Waals surface area contributed by atoms with E-state index < -0.39 is 0 Å². The van der Waals surface area contributed by atoms with Crippen LogP contribution in [0.2, 0.25) is 0 Å². The average Bonchev–Trinajstić information content (AvgIpc) is 2.48. The molecule has 0 aromatic heterocycles. The number of carbonyl (C=O) groups is 1. The Hall–Kier alpha value is -1.91. The van der Waals surface area contributed by atoms with E-state index in [1.165, 1.54) is 12.1 Å². The molecule has 0 saturated heterocycles. The van der Waals surface area contributed by atoms with E-state index in [1.807, 2.05) is 0 Å². The van der Waals surface area contributed by atoms with Crippen molar-refractivity contribution in [2.45, 2.75) is 38.6 Å². The lowest BCUT2D eigenvalue weighted by atomic mass is 9.87. The van der Waals surface area contributed by atoms with Gasteiger partial charge in [0.15, 0.2) is 0 Å². The third-order valence-electron chi connectivity index (χ3n) is 4.31. The molecule has 0 atom stereocenters. The summed E-state index contributed by atoms with van der Waals surface area (Å²) in [7, 11) is 0. The zero-order chi connectivity index (χ0) is 14.8. The summed E-state index contributed by atoms with van der Waals surface area (Å²) in [4.78, 5) is 18.2. The Labute approximate surface area is 124 Å². The van der Waals surface area contributed by atoms with Crippen LogP contribution >= 0.6 is 0 Å². The Morgan fingerprint density at radius 3 is 2.86 bits per heavy atom.